The third-order valence-corrected chi connectivity index (χ3v) is 3.59. The average molecular weight is 300 g/mol. The predicted octanol–water partition coefficient (Wildman–Crippen LogP) is 2.67. The van der Waals surface area contributed by atoms with Gasteiger partial charge in [0.05, 0.1) is 10.0 Å². The zero-order valence-corrected chi connectivity index (χ0v) is 11.4. The molecule has 0 saturated heterocycles. The Morgan fingerprint density at radius 3 is 2.35 bits per heavy atom. The van der Waals surface area contributed by atoms with Crippen molar-refractivity contribution in [2.24, 2.45) is 5.73 Å². The summed E-state index contributed by atoms with van der Waals surface area (Å²) in [4.78, 5) is 8.16. The van der Waals surface area contributed by atoms with Crippen LogP contribution in [-0.4, -0.2) is 22.1 Å². The van der Waals surface area contributed by atoms with Crippen LogP contribution in [0.25, 0.3) is 0 Å². The first-order valence-electron chi connectivity index (χ1n) is 6.07. The first kappa shape index (κ1) is 12.8. The van der Waals surface area contributed by atoms with Crippen LogP contribution in [0.3, 0.4) is 0 Å². The van der Waals surface area contributed by atoms with E-state index in [4.69, 9.17) is 10.5 Å². The Balaban J connectivity index is 1.89. The first-order valence-corrected chi connectivity index (χ1v) is 6.87. The SMILES string of the molecule is NC1(COc2ncc(Br)cn2)CCCCCC1. The number of aromatic nitrogens is 2. The molecule has 1 heterocycles. The molecule has 94 valence electrons. The summed E-state index contributed by atoms with van der Waals surface area (Å²) in [6, 6.07) is 0.405. The topological polar surface area (TPSA) is 61.0 Å². The average Bonchev–Trinajstić information content (AvgIpc) is 2.54. The van der Waals surface area contributed by atoms with Gasteiger partial charge in [0.2, 0.25) is 0 Å². The standard InChI is InChI=1S/C12H18BrN3O/c13-10-7-15-11(16-8-10)17-9-12(14)5-3-1-2-4-6-12/h7-8H,1-6,9,14H2. The van der Waals surface area contributed by atoms with Crippen molar-refractivity contribution < 1.29 is 4.74 Å². The normalized spacial score (nSPS) is 19.6. The van der Waals surface area contributed by atoms with E-state index in [1.165, 1.54) is 25.7 Å². The van der Waals surface area contributed by atoms with Gasteiger partial charge in [-0.3, -0.25) is 0 Å². The first-order chi connectivity index (χ1) is 8.18. The summed E-state index contributed by atoms with van der Waals surface area (Å²) in [6.45, 7) is 0.509. The Labute approximate surface area is 110 Å². The fourth-order valence-corrected chi connectivity index (χ4v) is 2.37. The van der Waals surface area contributed by atoms with Crippen LogP contribution in [0.15, 0.2) is 16.9 Å². The van der Waals surface area contributed by atoms with Crippen LogP contribution in [0.4, 0.5) is 0 Å². The lowest BCUT2D eigenvalue weighted by Crippen LogP contribution is -2.45. The van der Waals surface area contributed by atoms with Crippen LogP contribution in [0.1, 0.15) is 38.5 Å². The number of hydrogen-bond acceptors (Lipinski definition) is 4. The number of rotatable bonds is 3. The lowest BCUT2D eigenvalue weighted by Gasteiger charge is -2.27. The molecule has 0 radical (unpaired) electrons. The molecule has 1 fully saturated rings. The van der Waals surface area contributed by atoms with E-state index in [1.54, 1.807) is 12.4 Å². The maximum Gasteiger partial charge on any atom is 0.316 e. The fourth-order valence-electron chi connectivity index (χ4n) is 2.16. The van der Waals surface area contributed by atoms with Gasteiger partial charge in [0, 0.05) is 12.4 Å². The van der Waals surface area contributed by atoms with Crippen molar-refractivity contribution in [1.82, 2.24) is 9.97 Å². The molecule has 0 bridgehead atoms. The smallest absolute Gasteiger partial charge is 0.316 e. The third-order valence-electron chi connectivity index (χ3n) is 3.18. The number of ether oxygens (including phenoxy) is 1. The summed E-state index contributed by atoms with van der Waals surface area (Å²) in [5.74, 6) is 0. The molecule has 0 aromatic carbocycles. The zero-order chi connectivity index (χ0) is 12.1. The molecular formula is C12H18BrN3O. The second-order valence-electron chi connectivity index (χ2n) is 4.75. The second-order valence-corrected chi connectivity index (χ2v) is 5.66. The Hall–Kier alpha value is -0.680. The van der Waals surface area contributed by atoms with Gasteiger partial charge in [0.25, 0.3) is 0 Å². The summed E-state index contributed by atoms with van der Waals surface area (Å²) >= 11 is 3.29. The van der Waals surface area contributed by atoms with E-state index < -0.39 is 0 Å². The van der Waals surface area contributed by atoms with Crippen LogP contribution < -0.4 is 10.5 Å². The van der Waals surface area contributed by atoms with Crippen molar-refractivity contribution in [3.63, 3.8) is 0 Å². The van der Waals surface area contributed by atoms with Crippen LogP contribution in [0, 0.1) is 0 Å². The molecule has 0 amide bonds. The van der Waals surface area contributed by atoms with E-state index in [0.717, 1.165) is 17.3 Å². The monoisotopic (exact) mass is 299 g/mol. The molecule has 5 heteroatoms. The molecule has 1 saturated carbocycles. The van der Waals surface area contributed by atoms with Gasteiger partial charge in [-0.05, 0) is 28.8 Å². The highest BCUT2D eigenvalue weighted by molar-refractivity contribution is 9.10. The molecule has 0 unspecified atom stereocenters. The largest absolute Gasteiger partial charge is 0.462 e. The maximum absolute atomic E-state index is 6.35. The highest BCUT2D eigenvalue weighted by Crippen LogP contribution is 2.25. The Morgan fingerprint density at radius 2 is 1.76 bits per heavy atom. The summed E-state index contributed by atoms with van der Waals surface area (Å²) in [7, 11) is 0. The molecule has 1 aromatic rings. The molecule has 0 atom stereocenters. The van der Waals surface area contributed by atoms with E-state index in [9.17, 15) is 0 Å². The van der Waals surface area contributed by atoms with Crippen molar-refractivity contribution in [3.05, 3.63) is 16.9 Å². The van der Waals surface area contributed by atoms with Crippen LogP contribution >= 0.6 is 15.9 Å². The summed E-state index contributed by atoms with van der Waals surface area (Å²) in [5, 5.41) is 0. The van der Waals surface area contributed by atoms with Crippen LogP contribution in [0.5, 0.6) is 6.01 Å². The minimum atomic E-state index is -0.201. The molecule has 0 spiro atoms. The lowest BCUT2D eigenvalue weighted by atomic mass is 9.93. The molecule has 4 nitrogen and oxygen atoms in total. The van der Waals surface area contributed by atoms with Crippen molar-refractivity contribution >= 4 is 15.9 Å². The third kappa shape index (κ3) is 3.92. The lowest BCUT2D eigenvalue weighted by molar-refractivity contribution is 0.187. The van der Waals surface area contributed by atoms with E-state index >= 15 is 0 Å². The maximum atomic E-state index is 6.35. The van der Waals surface area contributed by atoms with Gasteiger partial charge >= 0.3 is 6.01 Å². The van der Waals surface area contributed by atoms with Crippen molar-refractivity contribution in [2.45, 2.75) is 44.1 Å². The number of halogens is 1. The highest BCUT2D eigenvalue weighted by atomic mass is 79.9. The Morgan fingerprint density at radius 1 is 1.18 bits per heavy atom. The van der Waals surface area contributed by atoms with Crippen LogP contribution in [0.2, 0.25) is 0 Å². The van der Waals surface area contributed by atoms with Crippen molar-refractivity contribution in [1.29, 1.82) is 0 Å². The predicted molar refractivity (Wildman–Crippen MR) is 69.8 cm³/mol. The fraction of sp³-hybridized carbons (Fsp3) is 0.667. The zero-order valence-electron chi connectivity index (χ0n) is 9.86. The Kier molecular flexibility index (Phi) is 4.34. The second kappa shape index (κ2) is 5.78. The van der Waals surface area contributed by atoms with E-state index in [0.29, 0.717) is 12.6 Å². The molecule has 17 heavy (non-hydrogen) atoms. The van der Waals surface area contributed by atoms with Gasteiger partial charge in [-0.1, -0.05) is 25.7 Å². The minimum Gasteiger partial charge on any atom is -0.462 e. The Bertz CT molecular complexity index is 347. The molecule has 0 aliphatic heterocycles. The van der Waals surface area contributed by atoms with Gasteiger partial charge in [0.15, 0.2) is 0 Å². The highest BCUT2D eigenvalue weighted by Gasteiger charge is 2.27. The van der Waals surface area contributed by atoms with E-state index in [2.05, 4.69) is 25.9 Å². The quantitative estimate of drug-likeness (QED) is 0.872. The molecular weight excluding hydrogens is 282 g/mol. The van der Waals surface area contributed by atoms with E-state index in [1.807, 2.05) is 0 Å². The van der Waals surface area contributed by atoms with Gasteiger partial charge in [-0.15, -0.1) is 0 Å². The van der Waals surface area contributed by atoms with Gasteiger partial charge in [0.1, 0.15) is 6.61 Å². The number of hydrogen-bond donors (Lipinski definition) is 1. The summed E-state index contributed by atoms with van der Waals surface area (Å²) in [5.41, 5.74) is 6.15. The summed E-state index contributed by atoms with van der Waals surface area (Å²) < 4.78 is 6.44. The van der Waals surface area contributed by atoms with Crippen molar-refractivity contribution in [2.75, 3.05) is 6.61 Å². The molecule has 1 aliphatic carbocycles. The van der Waals surface area contributed by atoms with Crippen molar-refractivity contribution in [3.8, 4) is 6.01 Å². The van der Waals surface area contributed by atoms with Gasteiger partial charge in [-0.25, -0.2) is 9.97 Å². The molecule has 2 N–H and O–H groups in total. The van der Waals surface area contributed by atoms with Gasteiger partial charge in [-0.2, -0.15) is 0 Å². The molecule has 2 rings (SSSR count). The number of nitrogens with two attached hydrogens (primary N) is 1. The van der Waals surface area contributed by atoms with Gasteiger partial charge < -0.3 is 10.5 Å². The van der Waals surface area contributed by atoms with E-state index in [-0.39, 0.29) is 5.54 Å². The summed E-state index contributed by atoms with van der Waals surface area (Å²) in [6.07, 6.45) is 10.4. The molecule has 1 aromatic heterocycles. The number of nitrogens with zero attached hydrogens (tertiary/aromatic N) is 2. The molecule has 1 aliphatic rings. The minimum absolute atomic E-state index is 0.201. The van der Waals surface area contributed by atoms with Crippen LogP contribution in [-0.2, 0) is 0 Å².